The summed E-state index contributed by atoms with van der Waals surface area (Å²) in [6.07, 6.45) is 0. The smallest absolute Gasteiger partial charge is 0.307 e. The lowest BCUT2D eigenvalue weighted by molar-refractivity contribution is -0.140. The molecule has 3 nitrogen and oxygen atoms in total. The van der Waals surface area contributed by atoms with Gasteiger partial charge in [-0.2, -0.15) is 0 Å². The van der Waals surface area contributed by atoms with Gasteiger partial charge in [-0.05, 0) is 0 Å². The molecule has 0 bridgehead atoms. The first-order valence-corrected chi connectivity index (χ1v) is 3.11. The minimum Gasteiger partial charge on any atom is -0.481 e. The molecule has 1 aliphatic carbocycles. The normalized spacial score (nSPS) is 46.4. The number of carboxylic acid groups (broad SMARTS) is 1. The second-order valence-electron chi connectivity index (χ2n) is 2.73. The molecular formula is C6H8O3. The number of rotatable bonds is 1. The SMILES string of the molecule is O=C(O)[C@@H]1[C@@H]2COC[C@@H]21. The van der Waals surface area contributed by atoms with Crippen molar-refractivity contribution in [1.82, 2.24) is 0 Å². The quantitative estimate of drug-likeness (QED) is 0.539. The molecular weight excluding hydrogens is 120 g/mol. The van der Waals surface area contributed by atoms with Gasteiger partial charge in [-0.25, -0.2) is 0 Å². The molecule has 0 spiro atoms. The van der Waals surface area contributed by atoms with Gasteiger partial charge in [-0.3, -0.25) is 4.79 Å². The first kappa shape index (κ1) is 5.23. The molecule has 2 aliphatic rings. The van der Waals surface area contributed by atoms with Crippen LogP contribution in [-0.2, 0) is 9.53 Å². The maximum atomic E-state index is 10.3. The maximum Gasteiger partial charge on any atom is 0.307 e. The summed E-state index contributed by atoms with van der Waals surface area (Å²) in [6, 6.07) is 0. The van der Waals surface area contributed by atoms with Gasteiger partial charge in [0.15, 0.2) is 0 Å². The van der Waals surface area contributed by atoms with Crippen molar-refractivity contribution in [2.24, 2.45) is 17.8 Å². The Morgan fingerprint density at radius 2 is 2.00 bits per heavy atom. The minimum atomic E-state index is -0.645. The summed E-state index contributed by atoms with van der Waals surface area (Å²) in [5, 5.41) is 8.50. The number of carbonyl (C=O) groups is 1. The number of carboxylic acids is 1. The van der Waals surface area contributed by atoms with Crippen LogP contribution in [-0.4, -0.2) is 24.3 Å². The van der Waals surface area contributed by atoms with Crippen molar-refractivity contribution in [3.8, 4) is 0 Å². The van der Waals surface area contributed by atoms with Crippen LogP contribution in [0.5, 0.6) is 0 Å². The summed E-state index contributed by atoms with van der Waals surface area (Å²) >= 11 is 0. The molecule has 9 heavy (non-hydrogen) atoms. The molecule has 1 aliphatic heterocycles. The van der Waals surface area contributed by atoms with E-state index in [9.17, 15) is 4.79 Å². The predicted octanol–water partition coefficient (Wildman–Crippen LogP) is -0.0366. The van der Waals surface area contributed by atoms with Gasteiger partial charge in [0.05, 0.1) is 19.1 Å². The zero-order valence-electron chi connectivity index (χ0n) is 4.91. The van der Waals surface area contributed by atoms with E-state index in [1.54, 1.807) is 0 Å². The summed E-state index contributed by atoms with van der Waals surface area (Å²) < 4.78 is 5.02. The molecule has 1 saturated heterocycles. The van der Waals surface area contributed by atoms with Crippen LogP contribution < -0.4 is 0 Å². The van der Waals surface area contributed by atoms with Crippen LogP contribution in [0.2, 0.25) is 0 Å². The van der Waals surface area contributed by atoms with Crippen LogP contribution in [0.25, 0.3) is 0 Å². The predicted molar refractivity (Wildman–Crippen MR) is 28.9 cm³/mol. The third-order valence-corrected chi connectivity index (χ3v) is 2.24. The van der Waals surface area contributed by atoms with Crippen molar-refractivity contribution >= 4 is 5.97 Å². The highest BCUT2D eigenvalue weighted by atomic mass is 16.5. The molecule has 3 heteroatoms. The fraction of sp³-hybridized carbons (Fsp3) is 0.833. The standard InChI is InChI=1S/C6H8O3/c7-6(8)5-3-1-9-2-4(3)5/h3-5H,1-2H2,(H,7,8)/t3-,4+,5-. The summed E-state index contributed by atoms with van der Waals surface area (Å²) in [5.74, 6) is -0.0166. The van der Waals surface area contributed by atoms with Crippen molar-refractivity contribution in [2.75, 3.05) is 13.2 Å². The Hall–Kier alpha value is -0.570. The average molecular weight is 128 g/mol. The van der Waals surface area contributed by atoms with Crippen molar-refractivity contribution in [3.05, 3.63) is 0 Å². The molecule has 2 fully saturated rings. The van der Waals surface area contributed by atoms with Gasteiger partial charge < -0.3 is 9.84 Å². The van der Waals surface area contributed by atoms with E-state index < -0.39 is 5.97 Å². The Labute approximate surface area is 52.6 Å². The molecule has 0 aromatic heterocycles. The number of hydrogen-bond donors (Lipinski definition) is 1. The highest BCUT2D eigenvalue weighted by Gasteiger charge is 2.58. The Morgan fingerprint density at radius 3 is 2.33 bits per heavy atom. The van der Waals surface area contributed by atoms with Gasteiger partial charge in [0.25, 0.3) is 0 Å². The van der Waals surface area contributed by atoms with E-state index in [0.717, 1.165) is 0 Å². The van der Waals surface area contributed by atoms with E-state index >= 15 is 0 Å². The molecule has 0 amide bonds. The zero-order valence-corrected chi connectivity index (χ0v) is 4.91. The highest BCUT2D eigenvalue weighted by molar-refractivity contribution is 5.74. The van der Waals surface area contributed by atoms with E-state index in [0.29, 0.717) is 25.0 Å². The fourth-order valence-corrected chi connectivity index (χ4v) is 1.61. The van der Waals surface area contributed by atoms with Gasteiger partial charge in [-0.15, -0.1) is 0 Å². The van der Waals surface area contributed by atoms with Crippen LogP contribution in [0.3, 0.4) is 0 Å². The van der Waals surface area contributed by atoms with Crippen molar-refractivity contribution in [1.29, 1.82) is 0 Å². The Kier molecular flexibility index (Phi) is 0.858. The van der Waals surface area contributed by atoms with Gasteiger partial charge >= 0.3 is 5.97 Å². The molecule has 3 atom stereocenters. The third-order valence-electron chi connectivity index (χ3n) is 2.24. The summed E-state index contributed by atoms with van der Waals surface area (Å²) in [7, 11) is 0. The largest absolute Gasteiger partial charge is 0.481 e. The molecule has 1 saturated carbocycles. The fourth-order valence-electron chi connectivity index (χ4n) is 1.61. The first-order chi connectivity index (χ1) is 4.30. The Bertz CT molecular complexity index is 144. The molecule has 0 aromatic rings. The van der Waals surface area contributed by atoms with Crippen molar-refractivity contribution in [3.63, 3.8) is 0 Å². The highest BCUT2D eigenvalue weighted by Crippen LogP contribution is 2.50. The van der Waals surface area contributed by atoms with Gasteiger partial charge in [0.2, 0.25) is 0 Å². The molecule has 1 N–H and O–H groups in total. The third kappa shape index (κ3) is 0.580. The number of fused-ring (bicyclic) bond motifs is 1. The lowest BCUT2D eigenvalue weighted by Crippen LogP contribution is -2.07. The number of hydrogen-bond acceptors (Lipinski definition) is 2. The monoisotopic (exact) mass is 128 g/mol. The molecule has 0 aromatic carbocycles. The maximum absolute atomic E-state index is 10.3. The average Bonchev–Trinajstić information content (AvgIpc) is 2.30. The second-order valence-corrected chi connectivity index (χ2v) is 2.73. The summed E-state index contributed by atoms with van der Waals surface area (Å²) in [4.78, 5) is 10.3. The molecule has 50 valence electrons. The van der Waals surface area contributed by atoms with E-state index in [4.69, 9.17) is 9.84 Å². The minimum absolute atomic E-state index is 0.0706. The lowest BCUT2D eigenvalue weighted by atomic mass is 10.3. The second kappa shape index (κ2) is 1.48. The van der Waals surface area contributed by atoms with Gasteiger partial charge in [-0.1, -0.05) is 0 Å². The van der Waals surface area contributed by atoms with Crippen molar-refractivity contribution in [2.45, 2.75) is 0 Å². The van der Waals surface area contributed by atoms with E-state index in [2.05, 4.69) is 0 Å². The zero-order chi connectivity index (χ0) is 6.43. The van der Waals surface area contributed by atoms with Crippen molar-refractivity contribution < 1.29 is 14.6 Å². The van der Waals surface area contributed by atoms with Crippen LogP contribution in [0.4, 0.5) is 0 Å². The van der Waals surface area contributed by atoms with Gasteiger partial charge in [0, 0.05) is 11.8 Å². The number of aliphatic carboxylic acids is 1. The van der Waals surface area contributed by atoms with Crippen LogP contribution in [0, 0.1) is 17.8 Å². The molecule has 1 heterocycles. The molecule has 0 radical (unpaired) electrons. The van der Waals surface area contributed by atoms with E-state index in [1.807, 2.05) is 0 Å². The summed E-state index contributed by atoms with van der Waals surface area (Å²) in [6.45, 7) is 1.34. The Morgan fingerprint density at radius 1 is 1.44 bits per heavy atom. The lowest BCUT2D eigenvalue weighted by Gasteiger charge is -1.96. The van der Waals surface area contributed by atoms with E-state index in [1.165, 1.54) is 0 Å². The molecule has 2 rings (SSSR count). The number of ether oxygens (including phenoxy) is 1. The van der Waals surface area contributed by atoms with Gasteiger partial charge in [0.1, 0.15) is 0 Å². The van der Waals surface area contributed by atoms with E-state index in [-0.39, 0.29) is 5.92 Å². The van der Waals surface area contributed by atoms with Crippen LogP contribution in [0.1, 0.15) is 0 Å². The van der Waals surface area contributed by atoms with Crippen LogP contribution in [0.15, 0.2) is 0 Å². The molecule has 0 unspecified atom stereocenters. The first-order valence-electron chi connectivity index (χ1n) is 3.11. The van der Waals surface area contributed by atoms with Crippen LogP contribution >= 0.6 is 0 Å². The summed E-state index contributed by atoms with van der Waals surface area (Å²) in [5.41, 5.74) is 0. The Balaban J connectivity index is 2.02. The topological polar surface area (TPSA) is 46.5 Å².